The second-order valence-corrected chi connectivity index (χ2v) is 6.63. The second kappa shape index (κ2) is 8.15. The average Bonchev–Trinajstić information content (AvgIpc) is 2.62. The molecule has 3 rings (SSSR count). The van der Waals surface area contributed by atoms with Gasteiger partial charge in [0.1, 0.15) is 11.5 Å². The molecule has 0 spiro atoms. The lowest BCUT2D eigenvalue weighted by Gasteiger charge is -2.14. The van der Waals surface area contributed by atoms with Gasteiger partial charge in [-0.05, 0) is 51.8 Å². The lowest BCUT2D eigenvalue weighted by atomic mass is 9.94. The molecule has 0 bridgehead atoms. The van der Waals surface area contributed by atoms with Crippen molar-refractivity contribution in [1.29, 1.82) is 0 Å². The highest BCUT2D eigenvalue weighted by Gasteiger charge is 2.11. The van der Waals surface area contributed by atoms with Crippen molar-refractivity contribution in [3.8, 4) is 33.8 Å². The molecule has 0 radical (unpaired) electrons. The first-order valence-electron chi connectivity index (χ1n) is 8.40. The van der Waals surface area contributed by atoms with Crippen LogP contribution in [0.15, 0.2) is 66.7 Å². The van der Waals surface area contributed by atoms with Crippen molar-refractivity contribution < 1.29 is 19.1 Å². The molecule has 3 aromatic rings. The molecule has 3 aromatic carbocycles. The van der Waals surface area contributed by atoms with Crippen LogP contribution in [0.1, 0.15) is 13.8 Å². The quantitative estimate of drug-likeness (QED) is 0.384. The van der Waals surface area contributed by atoms with Crippen LogP contribution in [0.3, 0.4) is 0 Å². The van der Waals surface area contributed by atoms with Crippen molar-refractivity contribution >= 4 is 26.5 Å². The third-order valence-corrected chi connectivity index (χ3v) is 4.41. The Morgan fingerprint density at radius 1 is 0.704 bits per heavy atom. The molecule has 5 heteroatoms. The van der Waals surface area contributed by atoms with Gasteiger partial charge in [-0.3, -0.25) is 9.59 Å². The molecule has 0 aliphatic rings. The van der Waals surface area contributed by atoms with Gasteiger partial charge in [-0.2, -0.15) is 0 Å². The summed E-state index contributed by atoms with van der Waals surface area (Å²) in [6, 6.07) is 20.9. The zero-order chi connectivity index (χ0) is 19.4. The molecule has 0 fully saturated rings. The first kappa shape index (κ1) is 18.8. The number of carbonyl (C=O) groups is 2. The van der Waals surface area contributed by atoms with E-state index in [4.69, 9.17) is 9.47 Å². The number of ether oxygens (including phenoxy) is 2. The summed E-state index contributed by atoms with van der Waals surface area (Å²) in [6.07, 6.45) is 0. The number of hydrogen-bond donors (Lipinski definition) is 0. The Morgan fingerprint density at radius 3 is 1.67 bits per heavy atom. The van der Waals surface area contributed by atoms with Gasteiger partial charge in [0.2, 0.25) is 0 Å². The first-order chi connectivity index (χ1) is 12.9. The summed E-state index contributed by atoms with van der Waals surface area (Å²) in [5.74, 6) is 0.339. The monoisotopic (exact) mass is 378 g/mol. The molecule has 0 saturated carbocycles. The van der Waals surface area contributed by atoms with Gasteiger partial charge in [0, 0.05) is 13.8 Å². The molecule has 4 nitrogen and oxygen atoms in total. The van der Waals surface area contributed by atoms with Crippen LogP contribution in [0.5, 0.6) is 11.5 Å². The minimum absolute atomic E-state index is 0.344. The molecule has 136 valence electrons. The van der Waals surface area contributed by atoms with E-state index in [2.05, 4.69) is 9.24 Å². The SMILES string of the molecule is CC(=O)Oc1ccc(-c2cccc(P)c2-c2ccc(OC(C)=O)cc2)cc1. The van der Waals surface area contributed by atoms with Crippen molar-refractivity contribution in [3.05, 3.63) is 66.7 Å². The maximum atomic E-state index is 11.1. The Morgan fingerprint density at radius 2 is 1.19 bits per heavy atom. The van der Waals surface area contributed by atoms with E-state index in [0.717, 1.165) is 27.6 Å². The predicted octanol–water partition coefficient (Wildman–Crippen LogP) is 4.37. The topological polar surface area (TPSA) is 52.6 Å². The average molecular weight is 378 g/mol. The summed E-state index contributed by atoms with van der Waals surface area (Å²) in [4.78, 5) is 22.2. The molecule has 27 heavy (non-hydrogen) atoms. The van der Waals surface area contributed by atoms with Crippen molar-refractivity contribution in [3.63, 3.8) is 0 Å². The highest BCUT2D eigenvalue weighted by Crippen LogP contribution is 2.33. The van der Waals surface area contributed by atoms with Gasteiger partial charge in [-0.25, -0.2) is 0 Å². The van der Waals surface area contributed by atoms with Crippen LogP contribution in [0.4, 0.5) is 0 Å². The third-order valence-electron chi connectivity index (χ3n) is 3.93. The summed E-state index contributed by atoms with van der Waals surface area (Å²) in [7, 11) is 2.76. The van der Waals surface area contributed by atoms with Crippen LogP contribution in [-0.4, -0.2) is 11.9 Å². The molecular weight excluding hydrogens is 359 g/mol. The van der Waals surface area contributed by atoms with Gasteiger partial charge >= 0.3 is 11.9 Å². The summed E-state index contributed by atoms with van der Waals surface area (Å²) in [6.45, 7) is 2.76. The Bertz CT molecular complexity index is 976. The van der Waals surface area contributed by atoms with Crippen LogP contribution in [-0.2, 0) is 9.59 Å². The molecule has 0 saturated heterocycles. The summed E-state index contributed by atoms with van der Waals surface area (Å²) < 4.78 is 10.2. The minimum Gasteiger partial charge on any atom is -0.427 e. The van der Waals surface area contributed by atoms with E-state index in [1.54, 1.807) is 24.3 Å². The lowest BCUT2D eigenvalue weighted by molar-refractivity contribution is -0.132. The molecular formula is C22H19O4P. The normalized spacial score (nSPS) is 10.3. The maximum Gasteiger partial charge on any atom is 0.308 e. The van der Waals surface area contributed by atoms with E-state index < -0.39 is 0 Å². The van der Waals surface area contributed by atoms with E-state index >= 15 is 0 Å². The number of benzene rings is 3. The minimum atomic E-state index is -0.345. The molecule has 0 N–H and O–H groups in total. The van der Waals surface area contributed by atoms with Crippen molar-refractivity contribution in [1.82, 2.24) is 0 Å². The standard InChI is InChI=1S/C22H19O4P/c1-14(23)25-18-10-6-16(7-11-18)20-4-3-5-21(27)22(20)17-8-12-19(13-9-17)26-15(2)24/h3-13H,27H2,1-2H3. The van der Waals surface area contributed by atoms with Crippen LogP contribution < -0.4 is 14.8 Å². The second-order valence-electron chi connectivity index (χ2n) is 6.01. The summed E-state index contributed by atoms with van der Waals surface area (Å²) >= 11 is 0. The zero-order valence-corrected chi connectivity index (χ0v) is 16.2. The van der Waals surface area contributed by atoms with E-state index in [1.165, 1.54) is 13.8 Å². The highest BCUT2D eigenvalue weighted by atomic mass is 31.0. The van der Waals surface area contributed by atoms with Gasteiger partial charge in [-0.1, -0.05) is 42.5 Å². The maximum absolute atomic E-state index is 11.1. The van der Waals surface area contributed by atoms with Crippen molar-refractivity contribution in [2.24, 2.45) is 0 Å². The van der Waals surface area contributed by atoms with Crippen molar-refractivity contribution in [2.75, 3.05) is 0 Å². The fourth-order valence-corrected chi connectivity index (χ4v) is 3.29. The first-order valence-corrected chi connectivity index (χ1v) is 8.98. The van der Waals surface area contributed by atoms with Crippen LogP contribution in [0.2, 0.25) is 0 Å². The van der Waals surface area contributed by atoms with Crippen LogP contribution in [0, 0.1) is 0 Å². The summed E-state index contributed by atoms with van der Waals surface area (Å²) in [5, 5.41) is 1.05. The van der Waals surface area contributed by atoms with E-state index in [-0.39, 0.29) is 11.9 Å². The third kappa shape index (κ3) is 4.60. The zero-order valence-electron chi connectivity index (χ0n) is 15.1. The Balaban J connectivity index is 2.00. The van der Waals surface area contributed by atoms with Gasteiger partial charge in [0.25, 0.3) is 0 Å². The fraction of sp³-hybridized carbons (Fsp3) is 0.0909. The Kier molecular flexibility index (Phi) is 5.68. The van der Waals surface area contributed by atoms with Gasteiger partial charge in [-0.15, -0.1) is 9.24 Å². The molecule has 1 atom stereocenters. The van der Waals surface area contributed by atoms with E-state index in [9.17, 15) is 9.59 Å². The van der Waals surface area contributed by atoms with Crippen LogP contribution >= 0.6 is 9.24 Å². The van der Waals surface area contributed by atoms with Crippen molar-refractivity contribution in [2.45, 2.75) is 13.8 Å². The van der Waals surface area contributed by atoms with Gasteiger partial charge in [0.15, 0.2) is 0 Å². The Hall–Kier alpha value is -2.97. The van der Waals surface area contributed by atoms with E-state index in [0.29, 0.717) is 11.5 Å². The Labute approximate surface area is 160 Å². The smallest absolute Gasteiger partial charge is 0.308 e. The molecule has 0 heterocycles. The number of hydrogen-bond acceptors (Lipinski definition) is 4. The fourth-order valence-electron chi connectivity index (χ4n) is 2.86. The van der Waals surface area contributed by atoms with Gasteiger partial charge in [0.05, 0.1) is 0 Å². The molecule has 0 aliphatic carbocycles. The summed E-state index contributed by atoms with van der Waals surface area (Å²) in [5.41, 5.74) is 4.14. The largest absolute Gasteiger partial charge is 0.427 e. The number of esters is 2. The highest BCUT2D eigenvalue weighted by molar-refractivity contribution is 7.28. The molecule has 0 aliphatic heterocycles. The van der Waals surface area contributed by atoms with Gasteiger partial charge < -0.3 is 9.47 Å². The van der Waals surface area contributed by atoms with Crippen LogP contribution in [0.25, 0.3) is 22.3 Å². The molecule has 0 aromatic heterocycles. The molecule has 1 unspecified atom stereocenters. The predicted molar refractivity (Wildman–Crippen MR) is 109 cm³/mol. The number of carbonyl (C=O) groups excluding carboxylic acids is 2. The van der Waals surface area contributed by atoms with E-state index in [1.807, 2.05) is 42.5 Å². The number of rotatable bonds is 4. The lowest BCUT2D eigenvalue weighted by Crippen LogP contribution is -2.02. The molecule has 0 amide bonds.